The van der Waals surface area contributed by atoms with Crippen molar-refractivity contribution in [1.82, 2.24) is 5.32 Å². The van der Waals surface area contributed by atoms with Crippen LogP contribution in [0.1, 0.15) is 12.8 Å². The third kappa shape index (κ3) is 3.31. The minimum absolute atomic E-state index is 0.0657. The minimum Gasteiger partial charge on any atom is -0.441 e. The topological polar surface area (TPSA) is 85.9 Å². The van der Waals surface area contributed by atoms with E-state index >= 15 is 0 Å². The van der Waals surface area contributed by atoms with Crippen LogP contribution in [0.5, 0.6) is 0 Å². The lowest BCUT2D eigenvalue weighted by molar-refractivity contribution is -0.123. The van der Waals surface area contributed by atoms with E-state index in [9.17, 15) is 9.59 Å². The number of hydrogen-bond acceptors (Lipinski definition) is 5. The van der Waals surface area contributed by atoms with Crippen molar-refractivity contribution in [3.8, 4) is 0 Å². The molecule has 0 bridgehead atoms. The Kier molecular flexibility index (Phi) is 4.41. The molecule has 7 heteroatoms. The Hall–Kier alpha value is -2.64. The van der Waals surface area contributed by atoms with Crippen molar-refractivity contribution in [3.63, 3.8) is 0 Å². The summed E-state index contributed by atoms with van der Waals surface area (Å²) < 4.78 is 17.1. The normalized spacial score (nSPS) is 28.7. The second-order valence-corrected chi connectivity index (χ2v) is 7.58. The van der Waals surface area contributed by atoms with Crippen LogP contribution in [0.15, 0.2) is 42.5 Å². The van der Waals surface area contributed by atoms with Crippen molar-refractivity contribution in [1.29, 1.82) is 0 Å². The fourth-order valence-corrected chi connectivity index (χ4v) is 3.95. The molecule has 146 valence electrons. The largest absolute Gasteiger partial charge is 0.441 e. The highest BCUT2D eigenvalue weighted by Crippen LogP contribution is 2.32. The molecule has 2 aromatic rings. The van der Waals surface area contributed by atoms with Gasteiger partial charge in [0.15, 0.2) is 6.10 Å². The fraction of sp³-hybridized carbons (Fsp3) is 0.429. The zero-order valence-corrected chi connectivity index (χ0v) is 15.3. The number of fused-ring (bicyclic) bond motifs is 2. The van der Waals surface area contributed by atoms with E-state index in [0.29, 0.717) is 12.3 Å². The van der Waals surface area contributed by atoms with Crippen LogP contribution < -0.4 is 10.6 Å². The Bertz CT molecular complexity index is 907. The predicted molar refractivity (Wildman–Crippen MR) is 102 cm³/mol. The van der Waals surface area contributed by atoms with Gasteiger partial charge in [-0.15, -0.1) is 0 Å². The molecule has 1 saturated carbocycles. The number of hydrogen-bond donors (Lipinski definition) is 2. The summed E-state index contributed by atoms with van der Waals surface area (Å²) in [6, 6.07) is 13.4. The van der Waals surface area contributed by atoms with Gasteiger partial charge in [-0.05, 0) is 24.3 Å². The number of rotatable bonds is 4. The maximum atomic E-state index is 12.4. The number of carbonyl (C=O) groups excluding carboxylic acids is 2. The molecule has 2 saturated heterocycles. The molecule has 7 nitrogen and oxygen atoms in total. The molecule has 4 atom stereocenters. The Balaban J connectivity index is 1.21. The van der Waals surface area contributed by atoms with Gasteiger partial charge in [-0.3, -0.25) is 10.1 Å². The molecule has 0 unspecified atom stereocenters. The van der Waals surface area contributed by atoms with Crippen molar-refractivity contribution < 1.29 is 23.8 Å². The van der Waals surface area contributed by atoms with Gasteiger partial charge in [-0.2, -0.15) is 0 Å². The Labute approximate surface area is 162 Å². The number of benzene rings is 2. The standard InChI is InChI=1S/C21H22N2O5/c24-20(13-8-9-13)22-16-10-26-19-17(11-27-18(16)19)28-21(25)23-15-7-3-5-12-4-1-2-6-14(12)15/h1-7,13,16-19H,8-11H2,(H,22,24)(H,23,25)/t16-,17+,18+,19+/m0/s1. The van der Waals surface area contributed by atoms with Crippen LogP contribution >= 0.6 is 0 Å². The first kappa shape index (κ1) is 17.5. The minimum atomic E-state index is -0.542. The number of carbonyl (C=O) groups is 2. The molecule has 2 heterocycles. The Morgan fingerprint density at radius 3 is 2.61 bits per heavy atom. The van der Waals surface area contributed by atoms with Crippen molar-refractivity contribution in [2.45, 2.75) is 37.2 Å². The summed E-state index contributed by atoms with van der Waals surface area (Å²) in [6.07, 6.45) is 0.228. The van der Waals surface area contributed by atoms with Crippen molar-refractivity contribution in [2.75, 3.05) is 18.5 Å². The first-order chi connectivity index (χ1) is 13.7. The highest BCUT2D eigenvalue weighted by molar-refractivity contribution is 6.00. The lowest BCUT2D eigenvalue weighted by Crippen LogP contribution is -2.45. The summed E-state index contributed by atoms with van der Waals surface area (Å²) in [5, 5.41) is 7.80. The fourth-order valence-electron chi connectivity index (χ4n) is 3.95. The van der Waals surface area contributed by atoms with Gasteiger partial charge in [0.1, 0.15) is 12.2 Å². The maximum Gasteiger partial charge on any atom is 0.412 e. The van der Waals surface area contributed by atoms with E-state index in [-0.39, 0.29) is 36.7 Å². The summed E-state index contributed by atoms with van der Waals surface area (Å²) in [5.74, 6) is 0.204. The number of ether oxygens (including phenoxy) is 3. The summed E-state index contributed by atoms with van der Waals surface area (Å²) in [6.45, 7) is 0.632. The molecule has 2 N–H and O–H groups in total. The van der Waals surface area contributed by atoms with Crippen molar-refractivity contribution >= 4 is 28.5 Å². The molecule has 2 aliphatic heterocycles. The molecular weight excluding hydrogens is 360 g/mol. The van der Waals surface area contributed by atoms with Gasteiger partial charge in [0.25, 0.3) is 0 Å². The maximum absolute atomic E-state index is 12.4. The molecule has 1 aliphatic carbocycles. The average molecular weight is 382 g/mol. The van der Waals surface area contributed by atoms with E-state index < -0.39 is 12.2 Å². The van der Waals surface area contributed by atoms with Crippen LogP contribution in [0.3, 0.4) is 0 Å². The van der Waals surface area contributed by atoms with E-state index in [0.717, 1.165) is 23.6 Å². The second-order valence-electron chi connectivity index (χ2n) is 7.58. The molecular formula is C21H22N2O5. The van der Waals surface area contributed by atoms with Gasteiger partial charge in [0.05, 0.1) is 24.9 Å². The van der Waals surface area contributed by atoms with Crippen LogP contribution in [0.25, 0.3) is 10.8 Å². The van der Waals surface area contributed by atoms with Crippen LogP contribution in [-0.2, 0) is 19.0 Å². The van der Waals surface area contributed by atoms with Crippen LogP contribution in [0.4, 0.5) is 10.5 Å². The number of amides is 2. The third-order valence-corrected chi connectivity index (χ3v) is 5.57. The summed E-state index contributed by atoms with van der Waals surface area (Å²) in [7, 11) is 0. The lowest BCUT2D eigenvalue weighted by atomic mass is 10.1. The van der Waals surface area contributed by atoms with Gasteiger partial charge in [-0.25, -0.2) is 4.79 Å². The Morgan fingerprint density at radius 2 is 1.75 bits per heavy atom. The van der Waals surface area contributed by atoms with Crippen molar-refractivity contribution in [2.24, 2.45) is 5.92 Å². The van der Waals surface area contributed by atoms with Crippen LogP contribution in [0, 0.1) is 5.92 Å². The molecule has 3 fully saturated rings. The first-order valence-electron chi connectivity index (χ1n) is 9.68. The zero-order chi connectivity index (χ0) is 19.1. The van der Waals surface area contributed by atoms with E-state index in [1.165, 1.54) is 0 Å². The highest BCUT2D eigenvalue weighted by Gasteiger charge is 2.50. The molecule has 28 heavy (non-hydrogen) atoms. The quantitative estimate of drug-likeness (QED) is 0.848. The van der Waals surface area contributed by atoms with Crippen LogP contribution in [0.2, 0.25) is 0 Å². The number of anilines is 1. The van der Waals surface area contributed by atoms with Crippen molar-refractivity contribution in [3.05, 3.63) is 42.5 Å². The third-order valence-electron chi connectivity index (χ3n) is 5.57. The van der Waals surface area contributed by atoms with Gasteiger partial charge in [0.2, 0.25) is 5.91 Å². The second kappa shape index (κ2) is 7.07. The van der Waals surface area contributed by atoms with E-state index in [1.54, 1.807) is 0 Å². The monoisotopic (exact) mass is 382 g/mol. The molecule has 3 aliphatic rings. The molecule has 0 aromatic heterocycles. The van der Waals surface area contributed by atoms with Gasteiger partial charge in [0, 0.05) is 11.3 Å². The average Bonchev–Trinajstić information content (AvgIpc) is 3.38. The molecule has 2 aromatic carbocycles. The van der Waals surface area contributed by atoms with E-state index in [2.05, 4.69) is 10.6 Å². The molecule has 5 rings (SSSR count). The number of nitrogens with one attached hydrogen (secondary N) is 2. The van der Waals surface area contributed by atoms with Crippen LogP contribution in [-0.4, -0.2) is 49.6 Å². The molecule has 0 radical (unpaired) electrons. The first-order valence-corrected chi connectivity index (χ1v) is 9.68. The lowest BCUT2D eigenvalue weighted by Gasteiger charge is -2.18. The zero-order valence-electron chi connectivity index (χ0n) is 15.3. The summed E-state index contributed by atoms with van der Waals surface area (Å²) in [4.78, 5) is 24.4. The van der Waals surface area contributed by atoms with E-state index in [1.807, 2.05) is 42.5 Å². The summed E-state index contributed by atoms with van der Waals surface area (Å²) >= 11 is 0. The Morgan fingerprint density at radius 1 is 0.964 bits per heavy atom. The summed E-state index contributed by atoms with van der Waals surface area (Å²) in [5.41, 5.74) is 0.695. The molecule has 0 spiro atoms. The molecule has 2 amide bonds. The van der Waals surface area contributed by atoms with Gasteiger partial charge >= 0.3 is 6.09 Å². The highest BCUT2D eigenvalue weighted by atomic mass is 16.6. The van der Waals surface area contributed by atoms with E-state index in [4.69, 9.17) is 14.2 Å². The smallest absolute Gasteiger partial charge is 0.412 e. The SMILES string of the molecule is O=C(Nc1cccc2ccccc12)O[C@@H]1CO[C@H]2[C@@H]1OC[C@@H]2NC(=O)C1CC1. The van der Waals surface area contributed by atoms with Gasteiger partial charge < -0.3 is 19.5 Å². The predicted octanol–water partition coefficient (Wildman–Crippen LogP) is 2.45. The van der Waals surface area contributed by atoms with Gasteiger partial charge in [-0.1, -0.05) is 36.4 Å².